The van der Waals surface area contributed by atoms with E-state index in [1.807, 2.05) is 6.07 Å². The van der Waals surface area contributed by atoms with Crippen molar-refractivity contribution in [3.05, 3.63) is 65.7 Å². The summed E-state index contributed by atoms with van der Waals surface area (Å²) in [6, 6.07) is 9.51. The van der Waals surface area contributed by atoms with Crippen molar-refractivity contribution >= 4 is 16.8 Å². The molecule has 2 aromatic rings. The minimum absolute atomic E-state index is 0.00931. The number of benzene rings is 1. The van der Waals surface area contributed by atoms with Crippen LogP contribution in [-0.2, 0) is 0 Å². The third-order valence-electron chi connectivity index (χ3n) is 3.90. The van der Waals surface area contributed by atoms with Crippen LogP contribution in [0.25, 0.3) is 11.1 Å². The van der Waals surface area contributed by atoms with Gasteiger partial charge in [-0.1, -0.05) is 0 Å². The summed E-state index contributed by atoms with van der Waals surface area (Å²) in [7, 11) is 3.55. The second-order valence-corrected chi connectivity index (χ2v) is 5.82. The van der Waals surface area contributed by atoms with Crippen molar-refractivity contribution in [3.63, 3.8) is 0 Å². The molecule has 0 saturated heterocycles. The zero-order valence-electron chi connectivity index (χ0n) is 14.0. The Hall–Kier alpha value is -3.27. The van der Waals surface area contributed by atoms with E-state index in [1.165, 1.54) is 24.5 Å². The van der Waals surface area contributed by atoms with Crippen LogP contribution >= 0.6 is 0 Å². The molecule has 2 heterocycles. The molecule has 1 aliphatic heterocycles. The van der Waals surface area contributed by atoms with E-state index in [0.29, 0.717) is 11.3 Å². The van der Waals surface area contributed by atoms with E-state index in [2.05, 4.69) is 4.98 Å². The summed E-state index contributed by atoms with van der Waals surface area (Å²) >= 11 is 0. The highest BCUT2D eigenvalue weighted by Gasteiger charge is 2.39. The summed E-state index contributed by atoms with van der Waals surface area (Å²) in [5.41, 5.74) is 0.228. The molecule has 0 bridgehead atoms. The molecular formula is C19H14F3N3O. The number of pyridine rings is 1. The Morgan fingerprint density at radius 3 is 2.42 bits per heavy atom. The Balaban J connectivity index is 2.23. The number of halogens is 3. The van der Waals surface area contributed by atoms with Crippen molar-refractivity contribution in [2.45, 2.75) is 6.18 Å². The molecule has 26 heavy (non-hydrogen) atoms. The van der Waals surface area contributed by atoms with E-state index < -0.39 is 11.7 Å². The first kappa shape index (κ1) is 17.5. The van der Waals surface area contributed by atoms with Gasteiger partial charge < -0.3 is 9.64 Å². The standard InChI is InChI=1S/C19H14F3N3O/c1-25(2)13-3-4-14-16(19(20,21)22)10-18(26-17(14)9-13)15(11-23)12-5-7-24-8-6-12/h3-10H,1-2H3/b18-15-. The maximum atomic E-state index is 13.6. The lowest BCUT2D eigenvalue weighted by Crippen LogP contribution is -2.17. The van der Waals surface area contributed by atoms with Gasteiger partial charge in [0.2, 0.25) is 0 Å². The predicted molar refractivity (Wildman–Crippen MR) is 92.2 cm³/mol. The van der Waals surface area contributed by atoms with Gasteiger partial charge in [-0.15, -0.1) is 0 Å². The third kappa shape index (κ3) is 3.26. The Kier molecular flexibility index (Phi) is 4.43. The van der Waals surface area contributed by atoms with Gasteiger partial charge in [-0.25, -0.2) is 0 Å². The van der Waals surface area contributed by atoms with E-state index in [0.717, 1.165) is 6.08 Å². The van der Waals surface area contributed by atoms with E-state index in [-0.39, 0.29) is 22.6 Å². The van der Waals surface area contributed by atoms with Crippen LogP contribution in [-0.4, -0.2) is 25.3 Å². The van der Waals surface area contributed by atoms with E-state index in [9.17, 15) is 18.4 Å². The molecule has 0 saturated carbocycles. The van der Waals surface area contributed by atoms with Gasteiger partial charge >= 0.3 is 6.18 Å². The zero-order chi connectivity index (χ0) is 18.9. The first-order chi connectivity index (χ1) is 12.3. The number of hydrogen-bond acceptors (Lipinski definition) is 4. The molecule has 7 heteroatoms. The summed E-state index contributed by atoms with van der Waals surface area (Å²) in [4.78, 5) is 5.61. The fraction of sp³-hybridized carbons (Fsp3) is 0.158. The zero-order valence-corrected chi connectivity index (χ0v) is 14.0. The second-order valence-electron chi connectivity index (χ2n) is 5.82. The Morgan fingerprint density at radius 2 is 1.85 bits per heavy atom. The Labute approximate surface area is 148 Å². The third-order valence-corrected chi connectivity index (χ3v) is 3.90. The topological polar surface area (TPSA) is 49.1 Å². The van der Waals surface area contributed by atoms with Gasteiger partial charge in [0.05, 0.1) is 5.57 Å². The monoisotopic (exact) mass is 357 g/mol. The van der Waals surface area contributed by atoms with Crippen molar-refractivity contribution in [1.82, 2.24) is 4.98 Å². The molecular weight excluding hydrogens is 343 g/mol. The van der Waals surface area contributed by atoms with Crippen LogP contribution in [0.5, 0.6) is 5.75 Å². The number of nitrogens with zero attached hydrogens (tertiary/aromatic N) is 3. The van der Waals surface area contributed by atoms with Crippen molar-refractivity contribution in [2.75, 3.05) is 19.0 Å². The van der Waals surface area contributed by atoms with Gasteiger partial charge in [-0.2, -0.15) is 18.4 Å². The molecule has 0 radical (unpaired) electrons. The average molecular weight is 357 g/mol. The van der Waals surface area contributed by atoms with Gasteiger partial charge in [0.25, 0.3) is 0 Å². The number of rotatable bonds is 2. The van der Waals surface area contributed by atoms with Gasteiger partial charge in [0, 0.05) is 43.8 Å². The van der Waals surface area contributed by atoms with E-state index >= 15 is 0 Å². The molecule has 0 N–H and O–H groups in total. The molecule has 0 atom stereocenters. The van der Waals surface area contributed by atoms with E-state index in [4.69, 9.17) is 4.74 Å². The molecule has 0 aliphatic carbocycles. The van der Waals surface area contributed by atoms with Gasteiger partial charge in [-0.05, 0) is 35.9 Å². The highest BCUT2D eigenvalue weighted by Crippen LogP contribution is 2.44. The Bertz CT molecular complexity index is 939. The van der Waals surface area contributed by atoms with Crippen molar-refractivity contribution in [2.24, 2.45) is 0 Å². The molecule has 1 aromatic heterocycles. The predicted octanol–water partition coefficient (Wildman–Crippen LogP) is 4.42. The van der Waals surface area contributed by atoms with Crippen LogP contribution in [0.3, 0.4) is 0 Å². The van der Waals surface area contributed by atoms with Crippen LogP contribution in [0.1, 0.15) is 11.1 Å². The molecule has 3 rings (SSSR count). The van der Waals surface area contributed by atoms with Crippen LogP contribution in [0.4, 0.5) is 18.9 Å². The lowest BCUT2D eigenvalue weighted by molar-refractivity contribution is -0.0694. The minimum Gasteiger partial charge on any atom is -0.455 e. The van der Waals surface area contributed by atoms with Crippen molar-refractivity contribution in [1.29, 1.82) is 5.26 Å². The number of fused-ring (bicyclic) bond motifs is 1. The minimum atomic E-state index is -4.58. The smallest absolute Gasteiger partial charge is 0.417 e. The summed E-state index contributed by atoms with van der Waals surface area (Å²) in [5.74, 6) is -0.0859. The largest absolute Gasteiger partial charge is 0.455 e. The fourth-order valence-electron chi connectivity index (χ4n) is 2.59. The molecule has 0 spiro atoms. The molecule has 4 nitrogen and oxygen atoms in total. The lowest BCUT2D eigenvalue weighted by Gasteiger charge is -2.24. The molecule has 0 fully saturated rings. The summed E-state index contributed by atoms with van der Waals surface area (Å²) in [6.45, 7) is 0. The quantitative estimate of drug-likeness (QED) is 0.747. The first-order valence-electron chi connectivity index (χ1n) is 7.64. The van der Waals surface area contributed by atoms with Gasteiger partial charge in [0.1, 0.15) is 23.2 Å². The number of anilines is 1. The van der Waals surface area contributed by atoms with Crippen LogP contribution < -0.4 is 9.64 Å². The lowest BCUT2D eigenvalue weighted by atomic mass is 9.97. The molecule has 1 aliphatic rings. The van der Waals surface area contributed by atoms with Crippen LogP contribution in [0.2, 0.25) is 0 Å². The highest BCUT2D eigenvalue weighted by atomic mass is 19.4. The molecule has 1 aromatic carbocycles. The number of ether oxygens (including phenoxy) is 1. The Morgan fingerprint density at radius 1 is 1.15 bits per heavy atom. The summed E-state index contributed by atoms with van der Waals surface area (Å²) < 4.78 is 46.4. The molecule has 0 unspecified atom stereocenters. The van der Waals surface area contributed by atoms with Gasteiger partial charge in [-0.3, -0.25) is 4.98 Å². The highest BCUT2D eigenvalue weighted by molar-refractivity contribution is 5.87. The average Bonchev–Trinajstić information content (AvgIpc) is 2.61. The fourth-order valence-corrected chi connectivity index (χ4v) is 2.59. The normalized spacial score (nSPS) is 15.3. The number of allylic oxidation sites excluding steroid dienone is 3. The van der Waals surface area contributed by atoms with E-state index in [1.54, 1.807) is 37.2 Å². The number of nitriles is 1. The van der Waals surface area contributed by atoms with Crippen LogP contribution in [0.15, 0.2) is 54.6 Å². The maximum Gasteiger partial charge on any atom is 0.417 e. The maximum absolute atomic E-state index is 13.6. The number of aromatic nitrogens is 1. The van der Waals surface area contributed by atoms with Crippen molar-refractivity contribution < 1.29 is 17.9 Å². The number of hydrogen-bond donors (Lipinski definition) is 0. The van der Waals surface area contributed by atoms with Gasteiger partial charge in [0.15, 0.2) is 0 Å². The van der Waals surface area contributed by atoms with Crippen LogP contribution in [0, 0.1) is 11.3 Å². The second kappa shape index (κ2) is 6.56. The molecule has 132 valence electrons. The summed E-state index contributed by atoms with van der Waals surface area (Å²) in [6.07, 6.45) is -0.788. The summed E-state index contributed by atoms with van der Waals surface area (Å²) in [5, 5.41) is 9.48. The first-order valence-corrected chi connectivity index (χ1v) is 7.64. The number of alkyl halides is 3. The SMILES string of the molecule is CN(C)c1ccc2c(c1)O/C(=C(/C#N)c1ccncc1)C=C2C(F)(F)F. The van der Waals surface area contributed by atoms with Crippen molar-refractivity contribution in [3.8, 4) is 11.8 Å². The molecule has 0 amide bonds.